The highest BCUT2D eigenvalue weighted by atomic mass is 16.5. The molecule has 3 N–H and O–H groups in total. The molecule has 1 unspecified atom stereocenters. The van der Waals surface area contributed by atoms with Crippen LogP contribution in [0.1, 0.15) is 74.6 Å². The van der Waals surface area contributed by atoms with Crippen LogP contribution in [0.3, 0.4) is 0 Å². The molecule has 0 spiro atoms. The molecule has 0 bridgehead atoms. The predicted octanol–water partition coefficient (Wildman–Crippen LogP) is 5.13. The van der Waals surface area contributed by atoms with Crippen molar-refractivity contribution in [3.8, 4) is 11.5 Å². The van der Waals surface area contributed by atoms with E-state index >= 15 is 0 Å². The molecule has 0 amide bonds. The van der Waals surface area contributed by atoms with Gasteiger partial charge in [0.25, 0.3) is 0 Å². The largest absolute Gasteiger partial charge is 0.496 e. The van der Waals surface area contributed by atoms with E-state index in [0.717, 1.165) is 56.6 Å². The van der Waals surface area contributed by atoms with Crippen molar-refractivity contribution in [3.63, 3.8) is 0 Å². The second-order valence-electron chi connectivity index (χ2n) is 11.0. The average Bonchev–Trinajstić information content (AvgIpc) is 3.19. The van der Waals surface area contributed by atoms with Gasteiger partial charge in [-0.3, -0.25) is 0 Å². The third-order valence-electron chi connectivity index (χ3n) is 7.46. The van der Waals surface area contributed by atoms with Crippen LogP contribution in [-0.2, 0) is 18.3 Å². The molecule has 174 valence electrons. The Morgan fingerprint density at radius 3 is 2.59 bits per heavy atom. The lowest BCUT2D eigenvalue weighted by Crippen LogP contribution is -2.40. The number of aliphatic hydroxyl groups is 1. The number of aryl methyl sites for hydroxylation is 1. The number of rotatable bonds is 6. The molecule has 2 aliphatic rings. The molecular formula is C28H39NO3. The van der Waals surface area contributed by atoms with E-state index in [1.54, 1.807) is 7.11 Å². The van der Waals surface area contributed by atoms with Gasteiger partial charge in [-0.1, -0.05) is 39.0 Å². The Bertz CT molecular complexity index is 948. The van der Waals surface area contributed by atoms with Gasteiger partial charge in [-0.05, 0) is 90.7 Å². The SMILES string of the molecule is COc1ccc(OCC2CCc3cc([C@H]4CC[C@](N)(CO)C4)ccc3C2)cc1C(C)(C)C. The zero-order chi connectivity index (χ0) is 22.9. The molecule has 1 saturated carbocycles. The van der Waals surface area contributed by atoms with Crippen molar-refractivity contribution in [2.45, 2.75) is 76.2 Å². The van der Waals surface area contributed by atoms with Crippen molar-refractivity contribution in [2.24, 2.45) is 11.7 Å². The van der Waals surface area contributed by atoms with Gasteiger partial charge < -0.3 is 20.3 Å². The number of aliphatic hydroxyl groups excluding tert-OH is 1. The van der Waals surface area contributed by atoms with E-state index in [0.29, 0.717) is 11.8 Å². The molecule has 4 heteroatoms. The number of nitrogens with two attached hydrogens (primary N) is 1. The minimum absolute atomic E-state index is 0.00621. The third kappa shape index (κ3) is 4.97. The molecule has 1 fully saturated rings. The van der Waals surface area contributed by atoms with Crippen LogP contribution in [0.5, 0.6) is 11.5 Å². The Kier molecular flexibility index (Phi) is 6.56. The van der Waals surface area contributed by atoms with Crippen LogP contribution in [0.25, 0.3) is 0 Å². The number of hydrogen-bond donors (Lipinski definition) is 2. The van der Waals surface area contributed by atoms with Gasteiger partial charge >= 0.3 is 0 Å². The van der Waals surface area contributed by atoms with Gasteiger partial charge in [0.05, 0.1) is 20.3 Å². The molecular weight excluding hydrogens is 398 g/mol. The summed E-state index contributed by atoms with van der Waals surface area (Å²) in [6.45, 7) is 7.42. The third-order valence-corrected chi connectivity index (χ3v) is 7.46. The molecule has 0 aromatic heterocycles. The second-order valence-corrected chi connectivity index (χ2v) is 11.0. The molecule has 0 saturated heterocycles. The van der Waals surface area contributed by atoms with Crippen molar-refractivity contribution in [3.05, 3.63) is 58.7 Å². The lowest BCUT2D eigenvalue weighted by Gasteiger charge is -2.27. The molecule has 3 atom stereocenters. The number of fused-ring (bicyclic) bond motifs is 1. The molecule has 0 radical (unpaired) electrons. The van der Waals surface area contributed by atoms with Crippen LogP contribution in [0, 0.1) is 5.92 Å². The first-order valence-corrected chi connectivity index (χ1v) is 12.0. The average molecular weight is 438 g/mol. The fourth-order valence-electron chi connectivity index (χ4n) is 5.41. The van der Waals surface area contributed by atoms with Crippen LogP contribution >= 0.6 is 0 Å². The van der Waals surface area contributed by atoms with Crippen LogP contribution in [0.4, 0.5) is 0 Å². The quantitative estimate of drug-likeness (QED) is 0.657. The van der Waals surface area contributed by atoms with Gasteiger partial charge in [0, 0.05) is 11.1 Å². The first kappa shape index (κ1) is 23.1. The van der Waals surface area contributed by atoms with Crippen molar-refractivity contribution in [1.82, 2.24) is 0 Å². The molecule has 4 rings (SSSR count). The Morgan fingerprint density at radius 2 is 1.91 bits per heavy atom. The number of ether oxygens (including phenoxy) is 2. The van der Waals surface area contributed by atoms with Crippen LogP contribution < -0.4 is 15.2 Å². The molecule has 2 aromatic rings. The van der Waals surface area contributed by atoms with Gasteiger partial charge in [-0.2, -0.15) is 0 Å². The predicted molar refractivity (Wildman–Crippen MR) is 130 cm³/mol. The van der Waals surface area contributed by atoms with E-state index in [9.17, 15) is 5.11 Å². The molecule has 32 heavy (non-hydrogen) atoms. The lowest BCUT2D eigenvalue weighted by molar-refractivity contribution is 0.198. The van der Waals surface area contributed by atoms with E-state index < -0.39 is 5.54 Å². The molecule has 4 nitrogen and oxygen atoms in total. The summed E-state index contributed by atoms with van der Waals surface area (Å²) in [5.41, 5.74) is 11.4. The van der Waals surface area contributed by atoms with Crippen LogP contribution in [0.2, 0.25) is 0 Å². The molecule has 0 aliphatic heterocycles. The Morgan fingerprint density at radius 1 is 1.09 bits per heavy atom. The van der Waals surface area contributed by atoms with Gasteiger partial charge in [-0.25, -0.2) is 0 Å². The Labute approximate surface area is 193 Å². The van der Waals surface area contributed by atoms with E-state index in [-0.39, 0.29) is 12.0 Å². The summed E-state index contributed by atoms with van der Waals surface area (Å²) in [6.07, 6.45) is 6.20. The highest BCUT2D eigenvalue weighted by molar-refractivity contribution is 5.44. The first-order chi connectivity index (χ1) is 15.2. The number of hydrogen-bond acceptors (Lipinski definition) is 4. The van der Waals surface area contributed by atoms with Crippen molar-refractivity contribution >= 4 is 0 Å². The van der Waals surface area contributed by atoms with E-state index in [4.69, 9.17) is 15.2 Å². The van der Waals surface area contributed by atoms with E-state index in [1.807, 2.05) is 12.1 Å². The standard InChI is InChI=1S/C28H39NO3/c1-27(2,3)25-15-24(9-10-26(25)31-4)32-17-19-5-6-21-14-22(8-7-20(21)13-19)23-11-12-28(29,16-23)18-30/h7-10,14-15,19,23,30H,5-6,11-13,16-18,29H2,1-4H3/t19?,23-,28+/m0/s1. The lowest BCUT2D eigenvalue weighted by atomic mass is 9.82. The highest BCUT2D eigenvalue weighted by Gasteiger charge is 2.36. The maximum Gasteiger partial charge on any atom is 0.122 e. The number of methoxy groups -OCH3 is 1. The van der Waals surface area contributed by atoms with E-state index in [1.165, 1.54) is 22.3 Å². The molecule has 2 aromatic carbocycles. The van der Waals surface area contributed by atoms with Crippen LogP contribution in [0.15, 0.2) is 36.4 Å². The topological polar surface area (TPSA) is 64.7 Å². The van der Waals surface area contributed by atoms with Gasteiger partial charge in [0.2, 0.25) is 0 Å². The zero-order valence-electron chi connectivity index (χ0n) is 20.1. The summed E-state index contributed by atoms with van der Waals surface area (Å²) in [5, 5.41) is 9.58. The molecule has 0 heterocycles. The fraction of sp³-hybridized carbons (Fsp3) is 0.571. The maximum atomic E-state index is 9.58. The van der Waals surface area contributed by atoms with Crippen LogP contribution in [-0.4, -0.2) is 31.0 Å². The van der Waals surface area contributed by atoms with Gasteiger partial charge in [0.15, 0.2) is 0 Å². The van der Waals surface area contributed by atoms with Gasteiger partial charge in [0.1, 0.15) is 11.5 Å². The minimum Gasteiger partial charge on any atom is -0.496 e. The number of benzene rings is 2. The van der Waals surface area contributed by atoms with E-state index in [2.05, 4.69) is 45.0 Å². The summed E-state index contributed by atoms with van der Waals surface area (Å²) in [5.74, 6) is 2.85. The minimum atomic E-state index is -0.392. The molecule has 2 aliphatic carbocycles. The summed E-state index contributed by atoms with van der Waals surface area (Å²) >= 11 is 0. The summed E-state index contributed by atoms with van der Waals surface area (Å²) < 4.78 is 11.8. The monoisotopic (exact) mass is 437 g/mol. The normalized spacial score (nSPS) is 25.4. The first-order valence-electron chi connectivity index (χ1n) is 12.0. The van der Waals surface area contributed by atoms with Crippen molar-refractivity contribution in [2.75, 3.05) is 20.3 Å². The highest BCUT2D eigenvalue weighted by Crippen LogP contribution is 2.41. The second kappa shape index (κ2) is 9.07. The van der Waals surface area contributed by atoms with Crippen molar-refractivity contribution < 1.29 is 14.6 Å². The maximum absolute atomic E-state index is 9.58. The zero-order valence-corrected chi connectivity index (χ0v) is 20.1. The summed E-state index contributed by atoms with van der Waals surface area (Å²) in [6, 6.07) is 13.2. The Hall–Kier alpha value is -2.04. The smallest absolute Gasteiger partial charge is 0.122 e. The summed E-state index contributed by atoms with van der Waals surface area (Å²) in [7, 11) is 1.72. The fourth-order valence-corrected chi connectivity index (χ4v) is 5.41. The van der Waals surface area contributed by atoms with Crippen molar-refractivity contribution in [1.29, 1.82) is 0 Å². The summed E-state index contributed by atoms with van der Waals surface area (Å²) in [4.78, 5) is 0. The van der Waals surface area contributed by atoms with Gasteiger partial charge in [-0.15, -0.1) is 0 Å². The Balaban J connectivity index is 1.38.